The van der Waals surface area contributed by atoms with Gasteiger partial charge in [0.25, 0.3) is 0 Å². The van der Waals surface area contributed by atoms with Crippen molar-refractivity contribution in [2.24, 2.45) is 35.5 Å². The van der Waals surface area contributed by atoms with Gasteiger partial charge in [0.15, 0.2) is 5.12 Å². The van der Waals surface area contributed by atoms with E-state index in [-0.39, 0.29) is 22.7 Å². The summed E-state index contributed by atoms with van der Waals surface area (Å²) in [7, 11) is 0. The predicted molar refractivity (Wildman–Crippen MR) is 177 cm³/mol. The van der Waals surface area contributed by atoms with E-state index in [2.05, 4.69) is 41.4 Å². The van der Waals surface area contributed by atoms with Gasteiger partial charge in [-0.05, 0) is 106 Å². The number of fused-ring (bicyclic) bond motifs is 4. The average Bonchev–Trinajstić information content (AvgIpc) is 3.73. The molecule has 5 fully saturated rings. The van der Waals surface area contributed by atoms with Crippen molar-refractivity contribution in [2.75, 3.05) is 29.3 Å². The Bertz CT molecular complexity index is 745. The fraction of sp³-hybridized carbons (Fsp3) is 0.862. The average molecular weight is 660 g/mol. The van der Waals surface area contributed by atoms with Crippen LogP contribution in [-0.2, 0) is 19.2 Å². The first-order valence-electron chi connectivity index (χ1n) is 14.3. The smallest absolute Gasteiger partial charge is 0.225 e. The standard InChI is InChI=1S/C15H24OS4.C8H11ClO.C3H6O.C2H6.CHClO/c1-17-6-12-7-19-13(8-18-12)9-20-15(16)14-5-10-2-3-11(14)4-10;9-8(10)7-4-5-1-2-6(7)3-5;1-3(2)4;1-2;2-1-3/h10-14H,2-9H2,1H3;5-7H,1-4H2;1-2H3;1-2H3;1H. The van der Waals surface area contributed by atoms with Gasteiger partial charge >= 0.3 is 0 Å². The molecule has 5 rings (SSSR count). The van der Waals surface area contributed by atoms with Crippen LogP contribution < -0.4 is 0 Å². The van der Waals surface area contributed by atoms with E-state index in [1.807, 2.05) is 25.6 Å². The van der Waals surface area contributed by atoms with Gasteiger partial charge in [0.05, 0.1) is 0 Å². The third-order valence-electron chi connectivity index (χ3n) is 7.87. The Morgan fingerprint density at radius 3 is 1.56 bits per heavy atom. The van der Waals surface area contributed by atoms with Crippen molar-refractivity contribution < 1.29 is 19.2 Å². The van der Waals surface area contributed by atoms with E-state index in [4.69, 9.17) is 16.4 Å². The number of halogens is 2. The normalized spacial score (nSPS) is 33.1. The Hall–Kier alpha value is 0.660. The van der Waals surface area contributed by atoms with Gasteiger partial charge in [-0.2, -0.15) is 35.3 Å². The molecule has 0 aromatic rings. The van der Waals surface area contributed by atoms with Gasteiger partial charge in [0, 0.05) is 45.3 Å². The number of rotatable bonds is 6. The summed E-state index contributed by atoms with van der Waals surface area (Å²) in [5, 5.41) is 1.96. The molecule has 0 N–H and O–H groups in total. The van der Waals surface area contributed by atoms with Crippen LogP contribution in [0.2, 0.25) is 0 Å². The summed E-state index contributed by atoms with van der Waals surface area (Å²) in [6, 6.07) is 0. The molecular formula is C29H48Cl2O4S4. The molecule has 0 radical (unpaired) electrons. The van der Waals surface area contributed by atoms with Gasteiger partial charge in [-0.15, -0.1) is 0 Å². The van der Waals surface area contributed by atoms with Gasteiger partial charge in [-0.25, -0.2) is 0 Å². The maximum Gasteiger partial charge on any atom is 0.225 e. The largest absolute Gasteiger partial charge is 0.300 e. The van der Waals surface area contributed by atoms with Crippen molar-refractivity contribution in [2.45, 2.75) is 89.6 Å². The summed E-state index contributed by atoms with van der Waals surface area (Å²) in [6.07, 6.45) is 12.4. The second-order valence-electron chi connectivity index (χ2n) is 10.9. The molecule has 0 spiro atoms. The van der Waals surface area contributed by atoms with E-state index in [1.54, 1.807) is 11.8 Å². The predicted octanol–water partition coefficient (Wildman–Crippen LogP) is 8.49. The first-order valence-corrected chi connectivity index (χ1v) is 19.6. The fourth-order valence-corrected chi connectivity index (χ4v) is 12.2. The summed E-state index contributed by atoms with van der Waals surface area (Å²) in [5.74, 6) is 9.00. The number of ketones is 1. The number of Topliss-reactive ketones (excluding diaryl/α,β-unsaturated/α-hetero) is 1. The van der Waals surface area contributed by atoms with Crippen LogP contribution in [0.25, 0.3) is 0 Å². The summed E-state index contributed by atoms with van der Waals surface area (Å²) < 4.78 is 0. The first kappa shape index (κ1) is 37.7. The zero-order valence-electron chi connectivity index (χ0n) is 24.2. The summed E-state index contributed by atoms with van der Waals surface area (Å²) in [5.41, 5.74) is 0. The lowest BCUT2D eigenvalue weighted by atomic mass is 9.90. The monoisotopic (exact) mass is 658 g/mol. The van der Waals surface area contributed by atoms with Crippen molar-refractivity contribution in [3.63, 3.8) is 0 Å². The fourth-order valence-electron chi connectivity index (χ4n) is 6.30. The number of carbonyl (C=O) groups is 4. The highest BCUT2D eigenvalue weighted by atomic mass is 35.5. The number of hydrogen-bond acceptors (Lipinski definition) is 8. The zero-order chi connectivity index (χ0) is 29.4. The molecule has 39 heavy (non-hydrogen) atoms. The third kappa shape index (κ3) is 14.1. The summed E-state index contributed by atoms with van der Waals surface area (Å²) in [4.78, 5) is 41.2. The van der Waals surface area contributed by atoms with Crippen molar-refractivity contribution in [1.82, 2.24) is 0 Å². The lowest BCUT2D eigenvalue weighted by Gasteiger charge is -2.27. The zero-order valence-corrected chi connectivity index (χ0v) is 29.0. The summed E-state index contributed by atoms with van der Waals surface area (Å²) >= 11 is 17.6. The second kappa shape index (κ2) is 21.4. The molecule has 8 atom stereocenters. The molecule has 1 saturated heterocycles. The Morgan fingerprint density at radius 2 is 1.26 bits per heavy atom. The second-order valence-corrected chi connectivity index (χ2v) is 16.0. The molecule has 0 aromatic carbocycles. The van der Waals surface area contributed by atoms with Crippen LogP contribution in [0.1, 0.15) is 79.1 Å². The van der Waals surface area contributed by atoms with Crippen LogP contribution in [0.15, 0.2) is 0 Å². The van der Waals surface area contributed by atoms with Crippen molar-refractivity contribution in [1.29, 1.82) is 0 Å². The highest BCUT2D eigenvalue weighted by Gasteiger charge is 2.43. The van der Waals surface area contributed by atoms with E-state index < -0.39 is 0 Å². The lowest BCUT2D eigenvalue weighted by Crippen LogP contribution is -2.26. The van der Waals surface area contributed by atoms with E-state index in [0.717, 1.165) is 35.2 Å². The van der Waals surface area contributed by atoms with Crippen molar-refractivity contribution >= 4 is 92.1 Å². The van der Waals surface area contributed by atoms with E-state index in [1.165, 1.54) is 76.1 Å². The van der Waals surface area contributed by atoms with Gasteiger partial charge in [-0.3, -0.25) is 14.4 Å². The number of carbonyl (C=O) groups excluding carboxylic acids is 4. The third-order valence-corrected chi connectivity index (χ3v) is 13.7. The number of thioether (sulfide) groups is 4. The topological polar surface area (TPSA) is 68.3 Å². The minimum atomic E-state index is -0.0906. The van der Waals surface area contributed by atoms with Gasteiger partial charge in [0.2, 0.25) is 11.0 Å². The number of hydrogen-bond donors (Lipinski definition) is 0. The van der Waals surface area contributed by atoms with Crippen LogP contribution in [0.5, 0.6) is 0 Å². The highest BCUT2D eigenvalue weighted by Crippen LogP contribution is 2.50. The van der Waals surface area contributed by atoms with E-state index in [9.17, 15) is 14.4 Å². The molecule has 226 valence electrons. The molecule has 0 amide bonds. The molecule has 4 bridgehead atoms. The Balaban J connectivity index is 0.000000333. The molecule has 8 unspecified atom stereocenters. The van der Waals surface area contributed by atoms with Crippen LogP contribution in [0, 0.1) is 35.5 Å². The molecule has 0 aromatic heterocycles. The van der Waals surface area contributed by atoms with E-state index in [0.29, 0.717) is 22.2 Å². The minimum absolute atomic E-state index is 0.0906. The Kier molecular flexibility index (Phi) is 20.6. The molecule has 5 aliphatic rings. The molecule has 1 heterocycles. The van der Waals surface area contributed by atoms with Gasteiger partial charge < -0.3 is 4.79 Å². The lowest BCUT2D eigenvalue weighted by molar-refractivity contribution is -0.117. The summed E-state index contributed by atoms with van der Waals surface area (Å²) in [6.45, 7) is 7.06. The van der Waals surface area contributed by atoms with Crippen LogP contribution >= 0.6 is 70.2 Å². The Morgan fingerprint density at radius 1 is 0.821 bits per heavy atom. The minimum Gasteiger partial charge on any atom is -0.300 e. The SMILES string of the molecule is CC.CC(C)=O.CSCC1CSC(CSC(=O)C2CC3CCC2C3)CS1.O=C(Cl)C1CC2CCC1C2.O=CCl. The van der Waals surface area contributed by atoms with Gasteiger partial charge in [0.1, 0.15) is 5.78 Å². The van der Waals surface area contributed by atoms with Crippen LogP contribution in [-0.4, -0.2) is 61.7 Å². The van der Waals surface area contributed by atoms with Crippen molar-refractivity contribution in [3.8, 4) is 0 Å². The van der Waals surface area contributed by atoms with Crippen LogP contribution in [0.4, 0.5) is 0 Å². The quantitative estimate of drug-likeness (QED) is 0.208. The molecular weight excluding hydrogens is 611 g/mol. The molecule has 1 aliphatic heterocycles. The molecule has 4 saturated carbocycles. The molecule has 4 aliphatic carbocycles. The maximum atomic E-state index is 12.4. The van der Waals surface area contributed by atoms with Gasteiger partial charge in [-0.1, -0.05) is 38.5 Å². The maximum absolute atomic E-state index is 12.4. The Labute approximate surface area is 264 Å². The highest BCUT2D eigenvalue weighted by molar-refractivity contribution is 8.15. The first-order chi connectivity index (χ1) is 18.7. The molecule has 4 nitrogen and oxygen atoms in total. The van der Waals surface area contributed by atoms with E-state index >= 15 is 0 Å². The molecule has 10 heteroatoms. The van der Waals surface area contributed by atoms with Crippen LogP contribution in [0.3, 0.4) is 0 Å². The van der Waals surface area contributed by atoms with Crippen molar-refractivity contribution in [3.05, 3.63) is 0 Å².